The van der Waals surface area contributed by atoms with Gasteiger partial charge in [-0.2, -0.15) is 0 Å². The molecule has 0 aliphatic heterocycles. The summed E-state index contributed by atoms with van der Waals surface area (Å²) >= 11 is 0. The second-order valence-electron chi connectivity index (χ2n) is 3.66. The Hall–Kier alpha value is -2.36. The Balaban J connectivity index is 2.20. The second-order valence-corrected chi connectivity index (χ2v) is 3.66. The van der Waals surface area contributed by atoms with Gasteiger partial charge in [-0.3, -0.25) is 9.38 Å². The Morgan fingerprint density at radius 2 is 2.12 bits per heavy atom. The van der Waals surface area contributed by atoms with Crippen LogP contribution >= 0.6 is 0 Å². The van der Waals surface area contributed by atoms with Gasteiger partial charge in [0, 0.05) is 24.2 Å². The molecule has 4 nitrogen and oxygen atoms in total. The highest BCUT2D eigenvalue weighted by molar-refractivity contribution is 5.62. The molecule has 0 unspecified atom stereocenters. The van der Waals surface area contributed by atoms with Crippen LogP contribution in [0.25, 0.3) is 16.9 Å². The summed E-state index contributed by atoms with van der Waals surface area (Å²) in [6.45, 7) is 0. The van der Waals surface area contributed by atoms with Crippen LogP contribution in [0.4, 0.5) is 0 Å². The van der Waals surface area contributed by atoms with Gasteiger partial charge in [0.05, 0.1) is 12.8 Å². The van der Waals surface area contributed by atoms with E-state index in [1.54, 1.807) is 19.5 Å². The van der Waals surface area contributed by atoms with Gasteiger partial charge in [0.2, 0.25) is 0 Å². The molecule has 0 aliphatic carbocycles. The quantitative estimate of drug-likeness (QED) is 0.672. The van der Waals surface area contributed by atoms with Crippen LogP contribution in [0.1, 0.15) is 0 Å². The van der Waals surface area contributed by atoms with Crippen molar-refractivity contribution in [3.63, 3.8) is 0 Å². The van der Waals surface area contributed by atoms with E-state index < -0.39 is 0 Å². The first-order valence-corrected chi connectivity index (χ1v) is 5.31. The van der Waals surface area contributed by atoms with Crippen LogP contribution in [-0.4, -0.2) is 21.5 Å². The lowest BCUT2D eigenvalue weighted by Gasteiger charge is -2.01. The predicted octanol–water partition coefficient (Wildman–Crippen LogP) is 2.40. The molecule has 0 spiro atoms. The van der Waals surface area contributed by atoms with Gasteiger partial charge >= 0.3 is 0 Å². The maximum atomic E-state index is 5.28. The van der Waals surface area contributed by atoms with E-state index in [9.17, 15) is 0 Å². The summed E-state index contributed by atoms with van der Waals surface area (Å²) < 4.78 is 7.20. The van der Waals surface area contributed by atoms with Gasteiger partial charge in [0.1, 0.15) is 5.65 Å². The monoisotopic (exact) mass is 225 g/mol. The van der Waals surface area contributed by atoms with Crippen LogP contribution in [0.3, 0.4) is 0 Å². The number of hydrogen-bond donors (Lipinski definition) is 0. The fourth-order valence-electron chi connectivity index (χ4n) is 1.81. The lowest BCUT2D eigenvalue weighted by Crippen LogP contribution is -1.91. The summed E-state index contributed by atoms with van der Waals surface area (Å²) in [5.74, 6) is 0.769. The summed E-state index contributed by atoms with van der Waals surface area (Å²) in [6, 6.07) is 9.66. The molecule has 0 fully saturated rings. The average molecular weight is 225 g/mol. The molecule has 0 aromatic carbocycles. The summed E-state index contributed by atoms with van der Waals surface area (Å²) in [5, 5.41) is 0. The second kappa shape index (κ2) is 3.90. The Labute approximate surface area is 98.5 Å². The average Bonchev–Trinajstić information content (AvgIpc) is 2.83. The summed E-state index contributed by atoms with van der Waals surface area (Å²) in [5.41, 5.74) is 2.75. The molecule has 0 saturated heterocycles. The molecule has 3 heterocycles. The van der Waals surface area contributed by atoms with Gasteiger partial charge in [0.15, 0.2) is 5.88 Å². The zero-order valence-electron chi connectivity index (χ0n) is 9.37. The van der Waals surface area contributed by atoms with Gasteiger partial charge in [-0.05, 0) is 24.3 Å². The van der Waals surface area contributed by atoms with E-state index >= 15 is 0 Å². The van der Waals surface area contributed by atoms with Crippen LogP contribution in [0.15, 0.2) is 48.9 Å². The van der Waals surface area contributed by atoms with Crippen molar-refractivity contribution in [2.24, 2.45) is 0 Å². The molecule has 3 aromatic heterocycles. The molecule has 3 aromatic rings. The number of nitrogens with zero attached hydrogens (tertiary/aromatic N) is 3. The number of imidazole rings is 1. The zero-order chi connectivity index (χ0) is 11.7. The fourth-order valence-corrected chi connectivity index (χ4v) is 1.81. The Bertz CT molecular complexity index is 646. The van der Waals surface area contributed by atoms with Gasteiger partial charge in [-0.1, -0.05) is 6.07 Å². The molecule has 0 saturated carbocycles. The third kappa shape index (κ3) is 1.63. The van der Waals surface area contributed by atoms with Crippen LogP contribution in [0.5, 0.6) is 5.88 Å². The maximum Gasteiger partial charge on any atom is 0.198 e. The standard InChI is InChI=1S/C13H11N3O/c1-17-13-6-2-5-12-15-11(9-16(12)13)10-4-3-7-14-8-10/h2-9H,1H3. The van der Waals surface area contributed by atoms with E-state index in [2.05, 4.69) is 9.97 Å². The Morgan fingerprint density at radius 1 is 1.18 bits per heavy atom. The summed E-state index contributed by atoms with van der Waals surface area (Å²) in [4.78, 5) is 8.63. The van der Waals surface area contributed by atoms with E-state index in [-0.39, 0.29) is 0 Å². The van der Waals surface area contributed by atoms with Crippen LogP contribution in [0, 0.1) is 0 Å². The molecular formula is C13H11N3O. The molecule has 0 aliphatic rings. The van der Waals surface area contributed by atoms with Gasteiger partial charge in [-0.25, -0.2) is 4.98 Å². The largest absolute Gasteiger partial charge is 0.482 e. The minimum atomic E-state index is 0.769. The number of methoxy groups -OCH3 is 1. The first-order chi connectivity index (χ1) is 8.38. The van der Waals surface area contributed by atoms with Crippen LogP contribution in [0.2, 0.25) is 0 Å². The van der Waals surface area contributed by atoms with Crippen molar-refractivity contribution in [3.8, 4) is 17.1 Å². The number of rotatable bonds is 2. The van der Waals surface area contributed by atoms with Gasteiger partial charge in [0.25, 0.3) is 0 Å². The van der Waals surface area contributed by atoms with Crippen LogP contribution in [-0.2, 0) is 0 Å². The maximum absolute atomic E-state index is 5.28. The third-order valence-electron chi connectivity index (χ3n) is 2.62. The van der Waals surface area contributed by atoms with Crippen molar-refractivity contribution in [1.82, 2.24) is 14.4 Å². The molecule has 3 rings (SSSR count). The van der Waals surface area contributed by atoms with Gasteiger partial charge < -0.3 is 4.74 Å². The molecule has 17 heavy (non-hydrogen) atoms. The SMILES string of the molecule is COc1cccc2nc(-c3cccnc3)cn12. The van der Waals surface area contributed by atoms with Crippen molar-refractivity contribution >= 4 is 5.65 Å². The number of ether oxygens (including phenoxy) is 1. The molecule has 0 N–H and O–H groups in total. The van der Waals surface area contributed by atoms with Crippen molar-refractivity contribution < 1.29 is 4.74 Å². The third-order valence-corrected chi connectivity index (χ3v) is 2.62. The van der Waals surface area contributed by atoms with Crippen molar-refractivity contribution in [3.05, 3.63) is 48.9 Å². The normalized spacial score (nSPS) is 10.6. The highest BCUT2D eigenvalue weighted by atomic mass is 16.5. The van der Waals surface area contributed by atoms with Crippen molar-refractivity contribution in [1.29, 1.82) is 0 Å². The minimum absolute atomic E-state index is 0.769. The van der Waals surface area contributed by atoms with E-state index in [0.29, 0.717) is 0 Å². The number of fused-ring (bicyclic) bond motifs is 1. The first kappa shape index (κ1) is 9.84. The predicted molar refractivity (Wildman–Crippen MR) is 65.0 cm³/mol. The summed E-state index contributed by atoms with van der Waals surface area (Å²) in [6.07, 6.45) is 5.50. The van der Waals surface area contributed by atoms with E-state index in [1.807, 2.05) is 40.9 Å². The lowest BCUT2D eigenvalue weighted by atomic mass is 10.2. The Morgan fingerprint density at radius 3 is 2.88 bits per heavy atom. The van der Waals surface area contributed by atoms with Crippen LogP contribution < -0.4 is 4.74 Å². The smallest absolute Gasteiger partial charge is 0.198 e. The van der Waals surface area contributed by atoms with E-state index in [4.69, 9.17) is 4.74 Å². The highest BCUT2D eigenvalue weighted by Crippen LogP contribution is 2.21. The van der Waals surface area contributed by atoms with Crippen molar-refractivity contribution in [2.75, 3.05) is 7.11 Å². The molecular weight excluding hydrogens is 214 g/mol. The summed E-state index contributed by atoms with van der Waals surface area (Å²) in [7, 11) is 1.65. The zero-order valence-corrected chi connectivity index (χ0v) is 9.37. The van der Waals surface area contributed by atoms with Crippen molar-refractivity contribution in [2.45, 2.75) is 0 Å². The molecule has 0 amide bonds. The fraction of sp³-hybridized carbons (Fsp3) is 0.0769. The number of aromatic nitrogens is 3. The number of hydrogen-bond acceptors (Lipinski definition) is 3. The lowest BCUT2D eigenvalue weighted by molar-refractivity contribution is 0.392. The topological polar surface area (TPSA) is 39.4 Å². The number of pyridine rings is 2. The molecule has 0 radical (unpaired) electrons. The molecule has 84 valence electrons. The minimum Gasteiger partial charge on any atom is -0.482 e. The first-order valence-electron chi connectivity index (χ1n) is 5.31. The van der Waals surface area contributed by atoms with Gasteiger partial charge in [-0.15, -0.1) is 0 Å². The highest BCUT2D eigenvalue weighted by Gasteiger charge is 2.06. The van der Waals surface area contributed by atoms with E-state index in [0.717, 1.165) is 22.8 Å². The molecule has 0 atom stereocenters. The molecule has 4 heteroatoms. The Kier molecular flexibility index (Phi) is 2.26. The molecule has 0 bridgehead atoms. The van der Waals surface area contributed by atoms with E-state index in [1.165, 1.54) is 0 Å².